The summed E-state index contributed by atoms with van der Waals surface area (Å²) in [5.41, 5.74) is 0. The lowest BCUT2D eigenvalue weighted by Gasteiger charge is -2.39. The minimum atomic E-state index is -3.04. The van der Waals surface area contributed by atoms with Crippen LogP contribution >= 0.6 is 92.6 Å². The number of halogens is 6. The zero-order valence-electron chi connectivity index (χ0n) is 25.8. The highest BCUT2D eigenvalue weighted by Gasteiger charge is 2.41. The Morgan fingerprint density at radius 1 is 0.729 bits per heavy atom. The summed E-state index contributed by atoms with van der Waals surface area (Å²) in [6.07, 6.45) is 3.97. The fourth-order valence-corrected chi connectivity index (χ4v) is 12.1. The number of hydrogen-bond donors (Lipinski definition) is 3. The summed E-state index contributed by atoms with van der Waals surface area (Å²) in [7, 11) is -7.25. The van der Waals surface area contributed by atoms with Crippen LogP contribution in [0, 0.1) is 0 Å². The average Bonchev–Trinajstić information content (AvgIpc) is 3.03. The van der Waals surface area contributed by atoms with Crippen LogP contribution in [-0.4, -0.2) is 134 Å². The molecule has 0 radical (unpaired) electrons. The maximum absolute atomic E-state index is 12.5. The van der Waals surface area contributed by atoms with E-state index < -0.39 is 23.0 Å². The van der Waals surface area contributed by atoms with Crippen LogP contribution < -0.4 is 15.3 Å². The third-order valence-electron chi connectivity index (χ3n) is 6.44. The molecule has 3 aliphatic heterocycles. The first-order valence-electron chi connectivity index (χ1n) is 14.6. The molecule has 22 heteroatoms. The molecule has 0 saturated carbocycles. The predicted octanol–water partition coefficient (Wildman–Crippen LogP) is 7.70. The number of alkyl halides is 6. The minimum Gasteiger partial charge on any atom is -0.366 e. The highest BCUT2D eigenvalue weighted by Crippen LogP contribution is 2.52. The van der Waals surface area contributed by atoms with E-state index in [-0.39, 0.29) is 34.5 Å². The quantitative estimate of drug-likeness (QED) is 0.104. The van der Waals surface area contributed by atoms with Gasteiger partial charge in [0.15, 0.2) is 6.54 Å². The Kier molecular flexibility index (Phi) is 33.9. The van der Waals surface area contributed by atoms with Gasteiger partial charge < -0.3 is 13.8 Å². The molecule has 0 amide bonds. The molecular weight excluding hydrogens is 814 g/mol. The Labute approximate surface area is 320 Å². The van der Waals surface area contributed by atoms with Gasteiger partial charge in [-0.25, -0.2) is 19.4 Å². The number of ether oxygens (including phenoxy) is 1. The van der Waals surface area contributed by atoms with Crippen molar-refractivity contribution in [2.75, 3.05) is 101 Å². The summed E-state index contributed by atoms with van der Waals surface area (Å²) in [6.45, 7) is 6.34. The maximum Gasteiger partial charge on any atom is 0.534 e. The van der Waals surface area contributed by atoms with Gasteiger partial charge in [0.1, 0.15) is 12.4 Å². The Morgan fingerprint density at radius 2 is 1.23 bits per heavy atom. The number of nitrogens with one attached hydrogen (secondary N) is 3. The molecule has 0 spiro atoms. The van der Waals surface area contributed by atoms with Crippen molar-refractivity contribution in [2.45, 2.75) is 60.7 Å². The summed E-state index contributed by atoms with van der Waals surface area (Å²) >= 11 is 33.6. The van der Waals surface area contributed by atoms with Crippen molar-refractivity contribution in [3.8, 4) is 0 Å². The molecule has 3 rings (SSSR count). The minimum absolute atomic E-state index is 0. The van der Waals surface area contributed by atoms with Crippen LogP contribution in [0.25, 0.3) is 0 Å². The van der Waals surface area contributed by atoms with Gasteiger partial charge in [-0.3, -0.25) is 13.7 Å². The van der Waals surface area contributed by atoms with Gasteiger partial charge in [0, 0.05) is 88.1 Å². The first-order valence-corrected chi connectivity index (χ1v) is 22.5. The normalized spacial score (nSPS) is 29.0. The van der Waals surface area contributed by atoms with E-state index >= 15 is 0 Å². The van der Waals surface area contributed by atoms with Crippen molar-refractivity contribution < 1.29 is 36.3 Å². The van der Waals surface area contributed by atoms with Crippen LogP contribution in [0.3, 0.4) is 0 Å². The summed E-state index contributed by atoms with van der Waals surface area (Å²) in [4.78, 5) is 0. The van der Waals surface area contributed by atoms with E-state index in [1.165, 1.54) is 0 Å². The fraction of sp³-hybridized carbons (Fsp3) is 0.962. The van der Waals surface area contributed by atoms with Gasteiger partial charge >= 0.3 is 23.0 Å². The lowest BCUT2D eigenvalue weighted by atomic mass is 10.2. The third-order valence-corrected chi connectivity index (χ3v) is 14.4. The highest BCUT2D eigenvalue weighted by molar-refractivity contribution is 7.54. The monoisotopic (exact) mass is 871 g/mol. The molecule has 48 heavy (non-hydrogen) atoms. The Balaban J connectivity index is -0.000000615. The molecule has 5 atom stereocenters. The van der Waals surface area contributed by atoms with E-state index in [4.69, 9.17) is 87.9 Å². The first-order chi connectivity index (χ1) is 21.5. The Bertz CT molecular complexity index is 1000. The lowest BCUT2D eigenvalue weighted by molar-refractivity contribution is -0.384. The van der Waals surface area contributed by atoms with E-state index in [0.29, 0.717) is 101 Å². The topological polar surface area (TPSA) is 134 Å². The Hall–Kier alpha value is 1.74. The second-order valence-electron chi connectivity index (χ2n) is 9.50. The molecule has 5 unspecified atom stereocenters. The van der Waals surface area contributed by atoms with Crippen LogP contribution in [0.2, 0.25) is 0 Å². The predicted molar refractivity (Wildman–Crippen MR) is 208 cm³/mol. The van der Waals surface area contributed by atoms with Crippen molar-refractivity contribution in [3.05, 3.63) is 0 Å². The van der Waals surface area contributed by atoms with Gasteiger partial charge in [0.25, 0.3) is 0 Å². The Morgan fingerprint density at radius 3 is 1.73 bits per heavy atom. The van der Waals surface area contributed by atoms with E-state index in [1.807, 2.05) is 17.8 Å². The molecule has 2 fully saturated rings. The second-order valence-corrected chi connectivity index (χ2v) is 18.2. The summed E-state index contributed by atoms with van der Waals surface area (Å²) in [5.74, 6) is 2.43. The smallest absolute Gasteiger partial charge is 0.366 e. The maximum atomic E-state index is 12.5. The number of hydrogen-bond acceptors (Lipinski definition) is 7. The van der Waals surface area contributed by atoms with Gasteiger partial charge in [-0.15, -0.1) is 69.6 Å². The molecule has 0 aliphatic carbocycles. The lowest BCUT2D eigenvalue weighted by Crippen LogP contribution is -2.44. The summed E-state index contributed by atoms with van der Waals surface area (Å²) in [6, 6.07) is 0.228. The largest absolute Gasteiger partial charge is 0.534 e. The molecular formula is C26H60Cl6N6O7P3+. The molecule has 2 saturated heterocycles. The molecule has 0 aromatic carbocycles. The van der Waals surface area contributed by atoms with Gasteiger partial charge in [0.2, 0.25) is 0 Å². The summed E-state index contributed by atoms with van der Waals surface area (Å²) < 4.78 is 63.4. The number of methoxy groups -OCH3 is 1. The van der Waals surface area contributed by atoms with Crippen LogP contribution in [-0.2, 0) is 32.0 Å². The molecule has 292 valence electrons. The molecule has 0 aromatic rings. The van der Waals surface area contributed by atoms with Gasteiger partial charge in [-0.2, -0.15) is 14.1 Å². The fourth-order valence-electron chi connectivity index (χ4n) is 4.37. The second kappa shape index (κ2) is 30.1. The van der Waals surface area contributed by atoms with E-state index in [2.05, 4.69) is 15.3 Å². The molecule has 3 N–H and O–H groups in total. The van der Waals surface area contributed by atoms with Crippen molar-refractivity contribution in [2.24, 2.45) is 0 Å². The van der Waals surface area contributed by atoms with Gasteiger partial charge in [-0.05, 0) is 13.3 Å². The highest BCUT2D eigenvalue weighted by atomic mass is 35.5. The summed E-state index contributed by atoms with van der Waals surface area (Å²) in [5, 5.41) is 8.54. The van der Waals surface area contributed by atoms with E-state index in [1.54, 1.807) is 16.1 Å². The SMILES string of the molecule is C.C.C.CC1CCOP(=O)(NCCCl)N1CCCl.COC1CCOP(=O)(NCCCl)N1CCCl.O=P1(NCCCl)OCCC=[N+]1CCCl. The van der Waals surface area contributed by atoms with Crippen LogP contribution in [0.4, 0.5) is 0 Å². The number of rotatable bonds is 16. The van der Waals surface area contributed by atoms with Crippen molar-refractivity contribution in [1.29, 1.82) is 0 Å². The average molecular weight is 874 g/mol. The third kappa shape index (κ3) is 18.2. The van der Waals surface area contributed by atoms with Crippen LogP contribution in [0.5, 0.6) is 0 Å². The van der Waals surface area contributed by atoms with Crippen LogP contribution in [0.15, 0.2) is 0 Å². The molecule has 0 bridgehead atoms. The molecule has 0 aromatic heterocycles. The zero-order valence-corrected chi connectivity index (χ0v) is 33.0. The van der Waals surface area contributed by atoms with Crippen LogP contribution in [0.1, 0.15) is 48.5 Å². The van der Waals surface area contributed by atoms with Crippen molar-refractivity contribution in [3.63, 3.8) is 0 Å². The van der Waals surface area contributed by atoms with E-state index in [0.717, 1.165) is 12.8 Å². The van der Waals surface area contributed by atoms with Crippen molar-refractivity contribution >= 4 is 98.8 Å². The van der Waals surface area contributed by atoms with Crippen molar-refractivity contribution in [1.82, 2.24) is 24.6 Å². The standard InChI is InChI=1S/C8H17Cl2N2O3P.C8H17Cl2N2O2P.C7H14Cl2N2O2P.3CH4/c1-14-8-2-7-15-16(13,11-5-3-9)12(8)6-4-10;1-8-2-7-14-15(13,11-5-3-9)12(8)6-4-10;8-2-4-10-14(12)11(6-3-9)5-1-7-13-14;;;/h8H,2-7H2,1H3,(H,11,13);8H,2-7H2,1H3,(H,11,13);5H,1-4,6-7H2,(H,10,12);3*1H4/q;;+1;;;. The first kappa shape index (κ1) is 54.1. The van der Waals surface area contributed by atoms with Gasteiger partial charge in [0.05, 0.1) is 25.7 Å². The van der Waals surface area contributed by atoms with E-state index in [9.17, 15) is 13.7 Å². The zero-order chi connectivity index (χ0) is 33.8. The molecule has 3 heterocycles. The molecule has 3 aliphatic rings. The van der Waals surface area contributed by atoms with Gasteiger partial charge in [-0.1, -0.05) is 22.3 Å². The number of nitrogens with zero attached hydrogens (tertiary/aromatic N) is 3. The molecule has 13 nitrogen and oxygen atoms in total.